The Bertz CT molecular complexity index is 668. The van der Waals surface area contributed by atoms with Crippen LogP contribution >= 0.6 is 0 Å². The number of ether oxygens (including phenoxy) is 1. The van der Waals surface area contributed by atoms with E-state index in [9.17, 15) is 4.39 Å². The first-order valence-corrected chi connectivity index (χ1v) is 6.76. The van der Waals surface area contributed by atoms with Gasteiger partial charge in [-0.05, 0) is 42.3 Å². The lowest BCUT2D eigenvalue weighted by molar-refractivity contribution is 0.304. The Morgan fingerprint density at radius 3 is 2.81 bits per heavy atom. The third-order valence-electron chi connectivity index (χ3n) is 2.88. The molecule has 0 aliphatic carbocycles. The fourth-order valence-corrected chi connectivity index (χ4v) is 1.87. The summed E-state index contributed by atoms with van der Waals surface area (Å²) in [5.74, 6) is 6.27. The number of benzene rings is 2. The highest BCUT2D eigenvalue weighted by Crippen LogP contribution is 2.20. The largest absolute Gasteiger partial charge is 0.488 e. The summed E-state index contributed by atoms with van der Waals surface area (Å²) in [6.07, 6.45) is 0.428. The third kappa shape index (κ3) is 4.62. The van der Waals surface area contributed by atoms with Crippen LogP contribution in [0.5, 0.6) is 5.75 Å². The zero-order valence-electron chi connectivity index (χ0n) is 11.9. The van der Waals surface area contributed by atoms with E-state index in [1.807, 2.05) is 31.2 Å². The molecule has 0 aliphatic heterocycles. The molecule has 0 unspecified atom stereocenters. The van der Waals surface area contributed by atoms with Gasteiger partial charge in [-0.2, -0.15) is 0 Å². The van der Waals surface area contributed by atoms with Gasteiger partial charge in [0.25, 0.3) is 0 Å². The van der Waals surface area contributed by atoms with Gasteiger partial charge in [0.05, 0.1) is 12.2 Å². The number of aryl methyl sites for hydroxylation is 1. The number of halogens is 1. The molecule has 0 saturated carbocycles. The minimum Gasteiger partial charge on any atom is -0.488 e. The Kier molecular flexibility index (Phi) is 5.36. The molecule has 0 saturated heterocycles. The van der Waals surface area contributed by atoms with Crippen molar-refractivity contribution in [2.24, 2.45) is 0 Å². The van der Waals surface area contributed by atoms with Gasteiger partial charge in [-0.25, -0.2) is 4.39 Å². The normalized spacial score (nSPS) is 9.86. The second kappa shape index (κ2) is 7.47. The van der Waals surface area contributed by atoms with Crippen molar-refractivity contribution in [2.75, 3.05) is 6.61 Å². The smallest absolute Gasteiger partial charge is 0.135 e. The molecular weight excluding hydrogens is 267 g/mol. The summed E-state index contributed by atoms with van der Waals surface area (Å²) in [5.41, 5.74) is 2.63. The molecule has 0 heterocycles. The van der Waals surface area contributed by atoms with Crippen LogP contribution in [0.2, 0.25) is 0 Å². The number of hydrogen-bond acceptors (Lipinski definition) is 2. The number of aliphatic hydroxyl groups excluding tert-OH is 1. The zero-order chi connectivity index (χ0) is 15.1. The molecule has 0 bridgehead atoms. The standard InChI is InChI=1S/C18H17FO2/c1-14-8-9-18(16(11-14)6-2-3-10-20)21-13-15-5-4-7-17(19)12-15/h4-5,7-9,11-12,20H,3,10,13H2,1H3. The molecule has 108 valence electrons. The fourth-order valence-electron chi connectivity index (χ4n) is 1.87. The van der Waals surface area contributed by atoms with Crippen LogP contribution in [-0.4, -0.2) is 11.7 Å². The summed E-state index contributed by atoms with van der Waals surface area (Å²) in [4.78, 5) is 0. The van der Waals surface area contributed by atoms with Crippen molar-refractivity contribution in [1.82, 2.24) is 0 Å². The van der Waals surface area contributed by atoms with Crippen LogP contribution in [0.15, 0.2) is 42.5 Å². The molecule has 2 aromatic rings. The number of rotatable bonds is 4. The molecule has 0 fully saturated rings. The van der Waals surface area contributed by atoms with E-state index in [1.54, 1.807) is 6.07 Å². The predicted molar refractivity (Wildman–Crippen MR) is 80.5 cm³/mol. The van der Waals surface area contributed by atoms with Gasteiger partial charge in [0, 0.05) is 6.42 Å². The lowest BCUT2D eigenvalue weighted by Crippen LogP contribution is -1.98. The molecule has 0 amide bonds. The van der Waals surface area contributed by atoms with Crippen LogP contribution in [0.25, 0.3) is 0 Å². The minimum absolute atomic E-state index is 0.0400. The highest BCUT2D eigenvalue weighted by molar-refractivity contribution is 5.48. The zero-order valence-corrected chi connectivity index (χ0v) is 11.9. The van der Waals surface area contributed by atoms with Crippen molar-refractivity contribution >= 4 is 0 Å². The molecule has 0 atom stereocenters. The van der Waals surface area contributed by atoms with Gasteiger partial charge in [0.1, 0.15) is 18.2 Å². The van der Waals surface area contributed by atoms with E-state index in [0.717, 1.165) is 16.7 Å². The van der Waals surface area contributed by atoms with E-state index in [1.165, 1.54) is 12.1 Å². The second-order valence-electron chi connectivity index (χ2n) is 4.69. The monoisotopic (exact) mass is 284 g/mol. The number of hydrogen-bond donors (Lipinski definition) is 1. The average molecular weight is 284 g/mol. The Hall–Kier alpha value is -2.31. The Labute approximate surface area is 124 Å². The summed E-state index contributed by atoms with van der Waals surface area (Å²) >= 11 is 0. The van der Waals surface area contributed by atoms with E-state index in [-0.39, 0.29) is 19.0 Å². The first-order valence-electron chi connectivity index (χ1n) is 6.76. The van der Waals surface area contributed by atoms with Crippen molar-refractivity contribution in [3.05, 3.63) is 65.0 Å². The summed E-state index contributed by atoms with van der Waals surface area (Å²) in [6.45, 7) is 2.31. The molecule has 2 rings (SSSR count). The Balaban J connectivity index is 2.14. The SMILES string of the molecule is Cc1ccc(OCc2cccc(F)c2)c(C#CCCO)c1. The lowest BCUT2D eigenvalue weighted by Gasteiger charge is -2.09. The van der Waals surface area contributed by atoms with Crippen LogP contribution in [0.1, 0.15) is 23.1 Å². The Morgan fingerprint density at radius 2 is 2.05 bits per heavy atom. The fraction of sp³-hybridized carbons (Fsp3) is 0.222. The van der Waals surface area contributed by atoms with Crippen molar-refractivity contribution in [3.63, 3.8) is 0 Å². The van der Waals surface area contributed by atoms with Crippen LogP contribution in [-0.2, 0) is 6.61 Å². The highest BCUT2D eigenvalue weighted by atomic mass is 19.1. The molecule has 0 spiro atoms. The summed E-state index contributed by atoms with van der Waals surface area (Å²) in [5, 5.41) is 8.78. The molecule has 0 aromatic heterocycles. The van der Waals surface area contributed by atoms with Gasteiger partial charge in [-0.15, -0.1) is 0 Å². The third-order valence-corrected chi connectivity index (χ3v) is 2.88. The summed E-state index contributed by atoms with van der Waals surface area (Å²) in [6, 6.07) is 12.1. The maximum atomic E-state index is 13.1. The molecule has 2 aromatic carbocycles. The van der Waals surface area contributed by atoms with Crippen molar-refractivity contribution in [1.29, 1.82) is 0 Å². The van der Waals surface area contributed by atoms with E-state index in [2.05, 4.69) is 11.8 Å². The molecule has 0 aliphatic rings. The van der Waals surface area contributed by atoms with E-state index in [4.69, 9.17) is 9.84 Å². The van der Waals surface area contributed by atoms with Gasteiger partial charge in [0.2, 0.25) is 0 Å². The van der Waals surface area contributed by atoms with Crippen molar-refractivity contribution in [3.8, 4) is 17.6 Å². The van der Waals surface area contributed by atoms with Gasteiger partial charge in [-0.1, -0.05) is 30.0 Å². The number of aliphatic hydroxyl groups is 1. The second-order valence-corrected chi connectivity index (χ2v) is 4.69. The maximum absolute atomic E-state index is 13.1. The molecule has 2 nitrogen and oxygen atoms in total. The summed E-state index contributed by atoms with van der Waals surface area (Å²) < 4.78 is 18.9. The predicted octanol–water partition coefficient (Wildman–Crippen LogP) is 3.45. The quantitative estimate of drug-likeness (QED) is 0.871. The van der Waals surface area contributed by atoms with Crippen LogP contribution in [0.3, 0.4) is 0 Å². The van der Waals surface area contributed by atoms with E-state index >= 15 is 0 Å². The first-order chi connectivity index (χ1) is 10.2. The molecule has 3 heteroatoms. The van der Waals surface area contributed by atoms with E-state index in [0.29, 0.717) is 12.2 Å². The van der Waals surface area contributed by atoms with Gasteiger partial charge in [0.15, 0.2) is 0 Å². The first kappa shape index (κ1) is 15.1. The van der Waals surface area contributed by atoms with Crippen molar-refractivity contribution in [2.45, 2.75) is 20.0 Å². The minimum atomic E-state index is -0.275. The van der Waals surface area contributed by atoms with Gasteiger partial charge in [-0.3, -0.25) is 0 Å². The van der Waals surface area contributed by atoms with Crippen molar-refractivity contribution < 1.29 is 14.2 Å². The van der Waals surface area contributed by atoms with Crippen LogP contribution < -0.4 is 4.74 Å². The van der Waals surface area contributed by atoms with E-state index < -0.39 is 0 Å². The summed E-state index contributed by atoms with van der Waals surface area (Å²) in [7, 11) is 0. The van der Waals surface area contributed by atoms with Crippen LogP contribution in [0, 0.1) is 24.6 Å². The highest BCUT2D eigenvalue weighted by Gasteiger charge is 2.03. The molecule has 21 heavy (non-hydrogen) atoms. The maximum Gasteiger partial charge on any atom is 0.135 e. The van der Waals surface area contributed by atoms with Gasteiger partial charge < -0.3 is 9.84 Å². The molecule has 0 radical (unpaired) electrons. The lowest BCUT2D eigenvalue weighted by atomic mass is 10.1. The van der Waals surface area contributed by atoms with Crippen LogP contribution in [0.4, 0.5) is 4.39 Å². The molecular formula is C18H17FO2. The average Bonchev–Trinajstić information content (AvgIpc) is 2.47. The van der Waals surface area contributed by atoms with Gasteiger partial charge >= 0.3 is 0 Å². The molecule has 1 N–H and O–H groups in total. The topological polar surface area (TPSA) is 29.5 Å². The Morgan fingerprint density at radius 1 is 1.19 bits per heavy atom.